The highest BCUT2D eigenvalue weighted by molar-refractivity contribution is 7.80. The fraction of sp³-hybridized carbons (Fsp3) is 0.714. The first-order valence-electron chi connectivity index (χ1n) is 6.47. The average Bonchev–Trinajstić information content (AvgIpc) is 2.82. The van der Waals surface area contributed by atoms with Crippen molar-refractivity contribution in [2.45, 2.75) is 46.1 Å². The van der Waals surface area contributed by atoms with E-state index in [-0.39, 0.29) is 5.41 Å². The summed E-state index contributed by atoms with van der Waals surface area (Å²) < 4.78 is 5.90. The second-order valence-corrected chi connectivity index (χ2v) is 6.08. The van der Waals surface area contributed by atoms with Gasteiger partial charge >= 0.3 is 0 Å². The lowest BCUT2D eigenvalue weighted by molar-refractivity contribution is 0.0362. The Labute approximate surface area is 115 Å². The smallest absolute Gasteiger partial charge is 0.0809 e. The molecule has 0 fully saturated rings. The van der Waals surface area contributed by atoms with Gasteiger partial charge in [-0.1, -0.05) is 32.8 Å². The minimum atomic E-state index is 0.282. The van der Waals surface area contributed by atoms with Crippen molar-refractivity contribution in [1.29, 1.82) is 0 Å². The Morgan fingerprint density at radius 2 is 2.00 bits per heavy atom. The molecule has 3 heteroatoms. The van der Waals surface area contributed by atoms with Crippen LogP contribution in [0.5, 0.6) is 0 Å². The second-order valence-electron chi connectivity index (χ2n) is 4.73. The topological polar surface area (TPSA) is 9.23 Å². The zero-order valence-corrected chi connectivity index (χ0v) is 12.7. The van der Waals surface area contributed by atoms with Crippen molar-refractivity contribution in [2.75, 3.05) is 12.4 Å². The molecule has 0 unspecified atom stereocenters. The number of rotatable bonds is 9. The van der Waals surface area contributed by atoms with Crippen LogP contribution in [0.15, 0.2) is 17.5 Å². The Bertz CT molecular complexity index is 276. The van der Waals surface area contributed by atoms with E-state index in [2.05, 4.69) is 44.0 Å². The highest BCUT2D eigenvalue weighted by atomic mass is 32.1. The molecule has 1 rings (SSSR count). The largest absolute Gasteiger partial charge is 0.375 e. The number of hydrogen-bond donors (Lipinski definition) is 1. The fourth-order valence-electron chi connectivity index (χ4n) is 2.30. The van der Waals surface area contributed by atoms with Crippen LogP contribution < -0.4 is 0 Å². The summed E-state index contributed by atoms with van der Waals surface area (Å²) in [6.07, 6.45) is 4.86. The van der Waals surface area contributed by atoms with Crippen molar-refractivity contribution in [3.8, 4) is 0 Å². The maximum Gasteiger partial charge on any atom is 0.0809 e. The molecule has 0 bridgehead atoms. The third kappa shape index (κ3) is 5.02. The minimum absolute atomic E-state index is 0.282. The maximum absolute atomic E-state index is 5.90. The van der Waals surface area contributed by atoms with Gasteiger partial charge in [-0.3, -0.25) is 0 Å². The van der Waals surface area contributed by atoms with Gasteiger partial charge in [0.15, 0.2) is 0 Å². The Morgan fingerprint density at radius 1 is 1.29 bits per heavy atom. The maximum atomic E-state index is 5.90. The molecule has 0 radical (unpaired) electrons. The first kappa shape index (κ1) is 15.1. The second kappa shape index (κ2) is 8.17. The molecule has 0 aliphatic rings. The van der Waals surface area contributed by atoms with Gasteiger partial charge < -0.3 is 4.74 Å². The summed E-state index contributed by atoms with van der Waals surface area (Å²) in [5, 5.41) is 2.10. The molecule has 0 saturated carbocycles. The Balaban J connectivity index is 2.42. The van der Waals surface area contributed by atoms with Crippen molar-refractivity contribution in [1.82, 2.24) is 0 Å². The van der Waals surface area contributed by atoms with E-state index >= 15 is 0 Å². The van der Waals surface area contributed by atoms with E-state index < -0.39 is 0 Å². The predicted octanol–water partition coefficient (Wildman–Crippen LogP) is 4.78. The Kier molecular flexibility index (Phi) is 7.24. The van der Waals surface area contributed by atoms with Gasteiger partial charge in [0.05, 0.1) is 13.2 Å². The number of thiol groups is 1. The molecule has 0 spiro atoms. The van der Waals surface area contributed by atoms with E-state index in [1.807, 2.05) is 0 Å². The third-order valence-electron chi connectivity index (χ3n) is 3.13. The summed E-state index contributed by atoms with van der Waals surface area (Å²) >= 11 is 6.30. The van der Waals surface area contributed by atoms with Gasteiger partial charge in [-0.25, -0.2) is 0 Å². The molecule has 1 aromatic heterocycles. The van der Waals surface area contributed by atoms with E-state index in [1.165, 1.54) is 30.6 Å². The SMILES string of the molecule is CCCC(CS)(CCC)COCc1cccs1. The van der Waals surface area contributed by atoms with Crippen LogP contribution in [0, 0.1) is 5.41 Å². The summed E-state index contributed by atoms with van der Waals surface area (Å²) in [5.41, 5.74) is 0.282. The van der Waals surface area contributed by atoms with Crippen molar-refractivity contribution in [3.63, 3.8) is 0 Å². The molecule has 1 nitrogen and oxygen atoms in total. The quantitative estimate of drug-likeness (QED) is 0.636. The van der Waals surface area contributed by atoms with Crippen molar-refractivity contribution < 1.29 is 4.74 Å². The van der Waals surface area contributed by atoms with Crippen molar-refractivity contribution in [3.05, 3.63) is 22.4 Å². The molecule has 0 aromatic carbocycles. The lowest BCUT2D eigenvalue weighted by Crippen LogP contribution is -2.29. The molecule has 1 heterocycles. The van der Waals surface area contributed by atoms with E-state index in [1.54, 1.807) is 11.3 Å². The molecule has 0 aliphatic carbocycles. The molecule has 0 N–H and O–H groups in total. The number of ether oxygens (including phenoxy) is 1. The molecular weight excluding hydrogens is 248 g/mol. The van der Waals surface area contributed by atoms with E-state index in [0.29, 0.717) is 0 Å². The third-order valence-corrected chi connectivity index (χ3v) is 4.65. The summed E-state index contributed by atoms with van der Waals surface area (Å²) in [5.74, 6) is 0.930. The van der Waals surface area contributed by atoms with Crippen LogP contribution in [-0.4, -0.2) is 12.4 Å². The fourth-order valence-corrected chi connectivity index (χ4v) is 3.34. The average molecular weight is 272 g/mol. The summed E-state index contributed by atoms with van der Waals surface area (Å²) in [6, 6.07) is 4.21. The van der Waals surface area contributed by atoms with Crippen LogP contribution in [0.4, 0.5) is 0 Å². The van der Waals surface area contributed by atoms with E-state index in [0.717, 1.165) is 19.0 Å². The zero-order chi connectivity index (χ0) is 12.6. The molecule has 0 amide bonds. The van der Waals surface area contributed by atoms with Gasteiger partial charge in [-0.05, 0) is 30.0 Å². The number of hydrogen-bond acceptors (Lipinski definition) is 3. The summed E-state index contributed by atoms with van der Waals surface area (Å²) in [6.45, 7) is 6.08. The normalized spacial score (nSPS) is 11.9. The molecule has 17 heavy (non-hydrogen) atoms. The molecule has 0 saturated heterocycles. The van der Waals surface area contributed by atoms with Crippen molar-refractivity contribution >= 4 is 24.0 Å². The molecule has 98 valence electrons. The van der Waals surface area contributed by atoms with Crippen LogP contribution in [-0.2, 0) is 11.3 Å². The first-order valence-corrected chi connectivity index (χ1v) is 7.98. The summed E-state index contributed by atoms with van der Waals surface area (Å²) in [4.78, 5) is 1.31. The standard InChI is InChI=1S/C14H24OS2/c1-3-7-14(12-16,8-4-2)11-15-10-13-6-5-9-17-13/h5-6,9,16H,3-4,7-8,10-12H2,1-2H3. The van der Waals surface area contributed by atoms with Gasteiger partial charge in [-0.2, -0.15) is 12.6 Å². The molecular formula is C14H24OS2. The number of thiophene rings is 1. The van der Waals surface area contributed by atoms with Gasteiger partial charge in [0.25, 0.3) is 0 Å². The highest BCUT2D eigenvalue weighted by Gasteiger charge is 2.27. The van der Waals surface area contributed by atoms with Gasteiger partial charge in [0, 0.05) is 10.3 Å². The highest BCUT2D eigenvalue weighted by Crippen LogP contribution is 2.32. The van der Waals surface area contributed by atoms with Crippen LogP contribution in [0.1, 0.15) is 44.4 Å². The molecule has 0 atom stereocenters. The van der Waals surface area contributed by atoms with E-state index in [4.69, 9.17) is 4.74 Å². The van der Waals surface area contributed by atoms with E-state index in [9.17, 15) is 0 Å². The lowest BCUT2D eigenvalue weighted by atomic mass is 9.82. The van der Waals surface area contributed by atoms with Gasteiger partial charge in [0.2, 0.25) is 0 Å². The van der Waals surface area contributed by atoms with Gasteiger partial charge in [-0.15, -0.1) is 11.3 Å². The molecule has 1 aromatic rings. The van der Waals surface area contributed by atoms with Crippen LogP contribution in [0.2, 0.25) is 0 Å². The predicted molar refractivity (Wildman–Crippen MR) is 80.1 cm³/mol. The Hall–Kier alpha value is 0.01000. The zero-order valence-electron chi connectivity index (χ0n) is 10.9. The minimum Gasteiger partial charge on any atom is -0.375 e. The molecule has 0 aliphatic heterocycles. The Morgan fingerprint density at radius 3 is 2.47 bits per heavy atom. The van der Waals surface area contributed by atoms with Crippen LogP contribution >= 0.6 is 24.0 Å². The first-order chi connectivity index (χ1) is 8.26. The van der Waals surface area contributed by atoms with Crippen molar-refractivity contribution in [2.24, 2.45) is 5.41 Å². The monoisotopic (exact) mass is 272 g/mol. The lowest BCUT2D eigenvalue weighted by Gasteiger charge is -2.31. The van der Waals surface area contributed by atoms with Crippen LogP contribution in [0.3, 0.4) is 0 Å². The summed E-state index contributed by atoms with van der Waals surface area (Å²) in [7, 11) is 0. The van der Waals surface area contributed by atoms with Gasteiger partial charge in [0.1, 0.15) is 0 Å². The van der Waals surface area contributed by atoms with Crippen LogP contribution in [0.25, 0.3) is 0 Å².